The quantitative estimate of drug-likeness (QED) is 0.0494. The zero-order chi connectivity index (χ0) is 33.9. The van der Waals surface area contributed by atoms with Crippen LogP contribution in [0.4, 0.5) is 17.1 Å². The Bertz CT molecular complexity index is 2300. The molecular weight excluding hydrogens is 694 g/mol. The van der Waals surface area contributed by atoms with Gasteiger partial charge in [0.2, 0.25) is 0 Å². The van der Waals surface area contributed by atoms with Crippen molar-refractivity contribution in [3.8, 4) is 0 Å². The molecule has 1 saturated heterocycles. The van der Waals surface area contributed by atoms with Crippen LogP contribution in [-0.2, 0) is 9.59 Å². The van der Waals surface area contributed by atoms with Gasteiger partial charge in [0, 0.05) is 11.1 Å². The van der Waals surface area contributed by atoms with E-state index in [0.717, 1.165) is 27.1 Å². The van der Waals surface area contributed by atoms with Crippen LogP contribution in [0.25, 0.3) is 16.3 Å². The molecule has 236 valence electrons. The lowest BCUT2D eigenvalue weighted by molar-refractivity contribution is -0.387. The zero-order valence-corrected chi connectivity index (χ0v) is 27.6. The Morgan fingerprint density at radius 2 is 1.60 bits per heavy atom. The van der Waals surface area contributed by atoms with E-state index in [1.54, 1.807) is 73.7 Å². The summed E-state index contributed by atoms with van der Waals surface area (Å²) in [5.41, 5.74) is 2.51. The second kappa shape index (κ2) is 12.1. The number of nitrogens with one attached hydrogen (secondary N) is 1. The number of hydrogen-bond acceptors (Lipinski definition) is 10. The fraction of sp³-hybridized carbons (Fsp3) is 0.0303. The predicted molar refractivity (Wildman–Crippen MR) is 187 cm³/mol. The summed E-state index contributed by atoms with van der Waals surface area (Å²) in [5, 5.41) is 14.9. The minimum atomic E-state index is -0.740. The third-order valence-electron chi connectivity index (χ3n) is 7.61. The summed E-state index contributed by atoms with van der Waals surface area (Å²) in [7, 11) is 0. The van der Waals surface area contributed by atoms with Crippen LogP contribution in [0.2, 0.25) is 5.02 Å². The third-order valence-corrected chi connectivity index (χ3v) is 10.4. The number of aromatic nitrogens is 1. The number of carbonyl (C=O) groups is 4. The number of thiazole rings is 1. The molecule has 0 bridgehead atoms. The molecule has 2 aliphatic rings. The number of anilines is 2. The molecule has 0 unspecified atom stereocenters. The van der Waals surface area contributed by atoms with Crippen molar-refractivity contribution in [2.45, 2.75) is 16.2 Å². The number of thiocarbonyl (C=S) groups is 1. The molecule has 5 aromatic rings. The van der Waals surface area contributed by atoms with E-state index in [4.69, 9.17) is 23.8 Å². The Morgan fingerprint density at radius 1 is 0.917 bits per heavy atom. The molecule has 0 atom stereocenters. The largest absolute Gasteiger partial charge is 0.298 e. The van der Waals surface area contributed by atoms with E-state index in [2.05, 4.69) is 10.3 Å². The average Bonchev–Trinajstić information content (AvgIpc) is 3.57. The minimum absolute atomic E-state index is 0.119. The highest BCUT2D eigenvalue weighted by molar-refractivity contribution is 8.01. The fourth-order valence-electron chi connectivity index (χ4n) is 5.23. The number of nitrogens with zero attached hydrogens (tertiary/aromatic N) is 4. The van der Waals surface area contributed by atoms with Crippen molar-refractivity contribution in [3.63, 3.8) is 0 Å². The van der Waals surface area contributed by atoms with Gasteiger partial charge in [0.25, 0.3) is 29.3 Å². The molecule has 7 rings (SSSR count). The summed E-state index contributed by atoms with van der Waals surface area (Å²) in [6.45, 7) is 1.80. The molecule has 0 aliphatic carbocycles. The maximum atomic E-state index is 13.4. The van der Waals surface area contributed by atoms with Crippen molar-refractivity contribution < 1.29 is 24.1 Å². The standard InChI is InChI=1S/C33H18ClN5O6S3/c1-16-6-8-18(14-23(16)34)38-31(43)22(28(40)36-32(38)46)12-17-7-11-26(25(13-17)39(44)45)47-33-35-24-10-9-19(15-27(24)48-33)37-29(41)20-4-2-3-5-21(20)30(37)42/h2-15H,1H3,(H,36,40,46)/b22-12+. The van der Waals surface area contributed by atoms with Gasteiger partial charge in [-0.05, 0) is 84.9 Å². The number of nitro groups is 1. The van der Waals surface area contributed by atoms with Gasteiger partial charge in [0.05, 0.1) is 42.5 Å². The Labute approximate surface area is 290 Å². The van der Waals surface area contributed by atoms with E-state index in [0.29, 0.717) is 42.1 Å². The Balaban J connectivity index is 1.16. The number of carbonyl (C=O) groups excluding carboxylic acids is 4. The highest BCUT2D eigenvalue weighted by atomic mass is 35.5. The van der Waals surface area contributed by atoms with Gasteiger partial charge in [-0.15, -0.1) is 11.3 Å². The van der Waals surface area contributed by atoms with Crippen LogP contribution in [0.3, 0.4) is 0 Å². The molecular formula is C33H18ClN5O6S3. The normalized spacial score (nSPS) is 15.5. The van der Waals surface area contributed by atoms with Gasteiger partial charge in [-0.1, -0.05) is 47.6 Å². The summed E-state index contributed by atoms with van der Waals surface area (Å²) in [6.07, 6.45) is 1.27. The monoisotopic (exact) mass is 711 g/mol. The first-order valence-electron chi connectivity index (χ1n) is 14.0. The number of halogens is 1. The number of amides is 4. The molecule has 3 heterocycles. The SMILES string of the molecule is Cc1ccc(N2C(=O)/C(=C/c3ccc(Sc4nc5ccc(N6C(=O)c7ccccc7C6=O)cc5s4)c([N+](=O)[O-])c3)C(=O)NC2=S)cc1Cl. The number of fused-ring (bicyclic) bond motifs is 2. The molecule has 11 nitrogen and oxygen atoms in total. The molecule has 1 N–H and O–H groups in total. The lowest BCUT2D eigenvalue weighted by Gasteiger charge is -2.29. The Kier molecular flexibility index (Phi) is 7.87. The minimum Gasteiger partial charge on any atom is -0.298 e. The van der Waals surface area contributed by atoms with Crippen LogP contribution in [0, 0.1) is 17.0 Å². The van der Waals surface area contributed by atoms with Crippen molar-refractivity contribution >= 4 is 109 Å². The van der Waals surface area contributed by atoms with Gasteiger partial charge in [-0.3, -0.25) is 39.5 Å². The molecule has 2 aliphatic heterocycles. The maximum Gasteiger partial charge on any atom is 0.283 e. The summed E-state index contributed by atoms with van der Waals surface area (Å²) in [5.74, 6) is -2.28. The van der Waals surface area contributed by atoms with Gasteiger partial charge < -0.3 is 0 Å². The third kappa shape index (κ3) is 5.44. The Morgan fingerprint density at radius 3 is 2.29 bits per heavy atom. The topological polar surface area (TPSA) is 143 Å². The summed E-state index contributed by atoms with van der Waals surface area (Å²) in [6, 6.07) is 20.9. The average molecular weight is 712 g/mol. The molecule has 48 heavy (non-hydrogen) atoms. The van der Waals surface area contributed by atoms with Crippen molar-refractivity contribution in [2.75, 3.05) is 9.80 Å². The van der Waals surface area contributed by atoms with Gasteiger partial charge in [0.15, 0.2) is 9.45 Å². The number of benzene rings is 4. The first kappa shape index (κ1) is 31.3. The van der Waals surface area contributed by atoms with Crippen LogP contribution >= 0.6 is 46.9 Å². The van der Waals surface area contributed by atoms with E-state index in [-0.39, 0.29) is 26.8 Å². The molecule has 0 radical (unpaired) electrons. The van der Waals surface area contributed by atoms with E-state index in [1.807, 2.05) is 0 Å². The molecule has 4 aromatic carbocycles. The zero-order valence-electron chi connectivity index (χ0n) is 24.4. The summed E-state index contributed by atoms with van der Waals surface area (Å²) < 4.78 is 1.16. The van der Waals surface area contributed by atoms with Crippen molar-refractivity contribution in [2.24, 2.45) is 0 Å². The molecule has 1 aromatic heterocycles. The molecule has 1 fully saturated rings. The van der Waals surface area contributed by atoms with Crippen molar-refractivity contribution in [1.29, 1.82) is 0 Å². The molecule has 4 amide bonds. The van der Waals surface area contributed by atoms with E-state index >= 15 is 0 Å². The van der Waals surface area contributed by atoms with Crippen LogP contribution in [0.1, 0.15) is 31.8 Å². The maximum absolute atomic E-state index is 13.4. The number of hydrogen-bond donors (Lipinski definition) is 1. The van der Waals surface area contributed by atoms with Crippen LogP contribution in [0.15, 0.2) is 93.7 Å². The number of nitro benzene ring substituents is 1. The highest BCUT2D eigenvalue weighted by Gasteiger charge is 2.37. The first-order chi connectivity index (χ1) is 23.0. The van der Waals surface area contributed by atoms with E-state index in [1.165, 1.54) is 29.5 Å². The van der Waals surface area contributed by atoms with Crippen molar-refractivity contribution in [3.05, 3.63) is 122 Å². The van der Waals surface area contributed by atoms with E-state index < -0.39 is 28.6 Å². The number of aryl methyl sites for hydroxylation is 1. The second-order valence-electron chi connectivity index (χ2n) is 10.6. The first-order valence-corrected chi connectivity index (χ1v) is 16.4. The summed E-state index contributed by atoms with van der Waals surface area (Å²) >= 11 is 13.8. The lowest BCUT2D eigenvalue weighted by atomic mass is 10.1. The smallest absolute Gasteiger partial charge is 0.283 e. The van der Waals surface area contributed by atoms with Gasteiger partial charge in [0.1, 0.15) is 5.57 Å². The number of imide groups is 1. The van der Waals surface area contributed by atoms with Crippen LogP contribution in [0.5, 0.6) is 0 Å². The summed E-state index contributed by atoms with van der Waals surface area (Å²) in [4.78, 5) is 70.9. The van der Waals surface area contributed by atoms with Gasteiger partial charge in [-0.2, -0.15) is 0 Å². The fourth-order valence-corrected chi connectivity index (χ4v) is 7.82. The molecule has 15 heteroatoms. The van der Waals surface area contributed by atoms with Crippen molar-refractivity contribution in [1.82, 2.24) is 10.3 Å². The van der Waals surface area contributed by atoms with E-state index in [9.17, 15) is 29.3 Å². The van der Waals surface area contributed by atoms with Crippen LogP contribution < -0.4 is 15.1 Å². The van der Waals surface area contributed by atoms with Gasteiger partial charge >= 0.3 is 0 Å². The van der Waals surface area contributed by atoms with Gasteiger partial charge in [-0.25, -0.2) is 9.88 Å². The number of rotatable bonds is 6. The predicted octanol–water partition coefficient (Wildman–Crippen LogP) is 6.95. The lowest BCUT2D eigenvalue weighted by Crippen LogP contribution is -2.54. The molecule has 0 spiro atoms. The Hall–Kier alpha value is -5.28. The molecule has 0 saturated carbocycles. The second-order valence-corrected chi connectivity index (χ2v) is 13.7. The highest BCUT2D eigenvalue weighted by Crippen LogP contribution is 2.41. The van der Waals surface area contributed by atoms with Crippen LogP contribution in [-0.4, -0.2) is 38.6 Å².